The smallest absolute Gasteiger partial charge is 0.307 e. The Balaban J connectivity index is 1.11. The lowest BCUT2D eigenvalue weighted by Gasteiger charge is -2.35. The molecule has 0 radical (unpaired) electrons. The van der Waals surface area contributed by atoms with E-state index in [0.29, 0.717) is 79.9 Å². The van der Waals surface area contributed by atoms with Crippen LogP contribution < -0.4 is 9.47 Å². The number of carboxylic acid groups (broad SMARTS) is 1. The molecule has 2 aromatic heterocycles. The molecule has 2 aliphatic heterocycles. The number of fused-ring (bicyclic) bond motifs is 2. The molecule has 0 aliphatic carbocycles. The van der Waals surface area contributed by atoms with E-state index in [-0.39, 0.29) is 12.0 Å². The van der Waals surface area contributed by atoms with E-state index < -0.39 is 12.1 Å². The maximum Gasteiger partial charge on any atom is 0.307 e. The van der Waals surface area contributed by atoms with E-state index >= 15 is 0 Å². The Morgan fingerprint density at radius 2 is 1.80 bits per heavy atom. The van der Waals surface area contributed by atoms with Crippen LogP contribution in [0.1, 0.15) is 35.1 Å². The maximum absolute atomic E-state index is 11.5. The van der Waals surface area contributed by atoms with E-state index in [1.807, 2.05) is 73.4 Å². The first kappa shape index (κ1) is 37.2. The predicted octanol–water partition coefficient (Wildman–Crippen LogP) is 6.19. The highest BCUT2D eigenvalue weighted by Gasteiger charge is 2.30. The molecule has 288 valence electrons. The lowest BCUT2D eigenvalue weighted by molar-refractivity contribution is -0.141. The first-order valence-corrected chi connectivity index (χ1v) is 18.7. The zero-order chi connectivity index (χ0) is 39.1. The van der Waals surface area contributed by atoms with Gasteiger partial charge >= 0.3 is 5.97 Å². The maximum atomic E-state index is 11.5. The number of nitrogens with zero attached hydrogens (tertiary/aromatic N) is 6. The molecule has 56 heavy (non-hydrogen) atoms. The average molecular weight is 757 g/mol. The highest BCUT2D eigenvalue weighted by molar-refractivity contribution is 5.97. The van der Waals surface area contributed by atoms with Crippen molar-refractivity contribution in [2.75, 3.05) is 47.6 Å². The molecule has 4 heterocycles. The summed E-state index contributed by atoms with van der Waals surface area (Å²) in [6, 6.07) is 22.0. The highest BCUT2D eigenvalue weighted by Crippen LogP contribution is 2.39. The number of ether oxygens (including phenoxy) is 3. The van der Waals surface area contributed by atoms with Crippen molar-refractivity contribution in [2.24, 2.45) is 5.92 Å². The number of aliphatic hydroxyl groups is 1. The summed E-state index contributed by atoms with van der Waals surface area (Å²) in [4.78, 5) is 20.6. The Morgan fingerprint density at radius 1 is 1.05 bits per heavy atom. The second kappa shape index (κ2) is 15.4. The Labute approximate surface area is 324 Å². The third kappa shape index (κ3) is 6.86. The number of likely N-dealkylation sites (tertiary alicyclic amines) is 1. The molecule has 6 aromatic rings. The molecule has 2 N–H and O–H groups in total. The fraction of sp³-hybridized carbons (Fsp3) is 0.349. The molecule has 2 saturated heterocycles. The van der Waals surface area contributed by atoms with Crippen molar-refractivity contribution in [2.45, 2.75) is 45.0 Å². The lowest BCUT2D eigenvalue weighted by Crippen LogP contribution is -2.47. The monoisotopic (exact) mass is 756 g/mol. The minimum Gasteiger partial charge on any atom is -0.496 e. The van der Waals surface area contributed by atoms with Gasteiger partial charge in [-0.1, -0.05) is 24.3 Å². The standard InChI is InChI=1S/C43H44N6O7/c1-25-30(7-5-8-31(25)42-46-35-16-26(15-28(19-44)41(35)56-42)21-48-13-11-27(22-48)43(51)52)32-9-6-10-36-33(32)20-45-49(36)29-17-39(53-3)34(40(18-29)54-4)23-47(2)37-12-14-55-24-38(37)50/h5-10,15-18,20,27,37-38,50H,11-14,21-24H2,1-4H3,(H,51,52)/t27-,37-,38+/m1/s1. The molecule has 0 saturated carbocycles. The first-order valence-electron chi connectivity index (χ1n) is 18.7. The number of hydrogen-bond donors (Lipinski definition) is 2. The topological polar surface area (TPSA) is 159 Å². The molecule has 3 atom stereocenters. The van der Waals surface area contributed by atoms with E-state index in [2.05, 4.69) is 28.0 Å². The molecular weight excluding hydrogens is 713 g/mol. The van der Waals surface area contributed by atoms with Gasteiger partial charge in [-0.2, -0.15) is 10.4 Å². The Hall–Kier alpha value is -5.78. The van der Waals surface area contributed by atoms with Gasteiger partial charge in [-0.25, -0.2) is 9.67 Å². The molecule has 0 spiro atoms. The van der Waals surface area contributed by atoms with Crippen molar-refractivity contribution in [3.8, 4) is 45.8 Å². The minimum absolute atomic E-state index is 0.0414. The number of aromatic nitrogens is 3. The van der Waals surface area contributed by atoms with Crippen LogP contribution in [0.25, 0.3) is 50.3 Å². The predicted molar refractivity (Wildman–Crippen MR) is 210 cm³/mol. The molecule has 2 aliphatic rings. The van der Waals surface area contributed by atoms with Crippen molar-refractivity contribution < 1.29 is 33.6 Å². The van der Waals surface area contributed by atoms with Crippen LogP contribution in [0.15, 0.2) is 71.3 Å². The summed E-state index contributed by atoms with van der Waals surface area (Å²) in [7, 11) is 5.28. The molecule has 0 amide bonds. The zero-order valence-corrected chi connectivity index (χ0v) is 31.9. The number of aliphatic hydroxyl groups excluding tert-OH is 1. The lowest BCUT2D eigenvalue weighted by atomic mass is 9.94. The molecule has 13 nitrogen and oxygen atoms in total. The van der Waals surface area contributed by atoms with Crippen molar-refractivity contribution in [1.29, 1.82) is 5.26 Å². The van der Waals surface area contributed by atoms with E-state index in [1.54, 1.807) is 14.2 Å². The SMILES string of the molecule is COc1cc(-n2ncc3c(-c4cccc(-c5nc6cc(CN7CC[C@@H](C(=O)O)C7)cc(C#N)c6o5)c4C)cccc32)cc(OC)c1CN(C)[C@@H]1CCOC[C@@H]1O. The largest absolute Gasteiger partial charge is 0.496 e. The van der Waals surface area contributed by atoms with E-state index in [9.17, 15) is 20.3 Å². The summed E-state index contributed by atoms with van der Waals surface area (Å²) in [6.45, 7) is 5.18. The van der Waals surface area contributed by atoms with Gasteiger partial charge in [-0.05, 0) is 79.9 Å². The first-order chi connectivity index (χ1) is 27.2. The van der Waals surface area contributed by atoms with Gasteiger partial charge in [0.15, 0.2) is 5.58 Å². The number of carbonyl (C=O) groups is 1. The Morgan fingerprint density at radius 3 is 2.52 bits per heavy atom. The van der Waals surface area contributed by atoms with Crippen LogP contribution >= 0.6 is 0 Å². The van der Waals surface area contributed by atoms with E-state index in [0.717, 1.165) is 56.4 Å². The normalized spacial score (nSPS) is 18.8. The molecule has 4 aromatic carbocycles. The number of rotatable bonds is 11. The number of hydrogen-bond acceptors (Lipinski definition) is 11. The van der Waals surface area contributed by atoms with Gasteiger partial charge in [0.25, 0.3) is 0 Å². The third-order valence-electron chi connectivity index (χ3n) is 11.3. The summed E-state index contributed by atoms with van der Waals surface area (Å²) in [5.74, 6) is 0.579. The number of methoxy groups -OCH3 is 2. The molecule has 13 heteroatoms. The average Bonchev–Trinajstić information content (AvgIpc) is 3.97. The van der Waals surface area contributed by atoms with Gasteiger partial charge in [0, 0.05) is 55.4 Å². The van der Waals surface area contributed by atoms with Crippen LogP contribution in [0.2, 0.25) is 0 Å². The van der Waals surface area contributed by atoms with Gasteiger partial charge in [0.2, 0.25) is 5.89 Å². The fourth-order valence-corrected chi connectivity index (χ4v) is 8.31. The van der Waals surface area contributed by atoms with Gasteiger partial charge in [0.05, 0.1) is 61.4 Å². The van der Waals surface area contributed by atoms with E-state index in [1.165, 1.54) is 0 Å². The number of oxazole rings is 1. The van der Waals surface area contributed by atoms with Crippen molar-refractivity contribution in [3.63, 3.8) is 0 Å². The molecular formula is C43H44N6O7. The van der Waals surface area contributed by atoms with Crippen LogP contribution in [0.3, 0.4) is 0 Å². The van der Waals surface area contributed by atoms with Gasteiger partial charge < -0.3 is 28.8 Å². The Bertz CT molecular complexity index is 2460. The van der Waals surface area contributed by atoms with Gasteiger partial charge in [-0.15, -0.1) is 0 Å². The van der Waals surface area contributed by atoms with Crippen molar-refractivity contribution in [3.05, 3.63) is 89.1 Å². The van der Waals surface area contributed by atoms with Crippen LogP contribution in [0.5, 0.6) is 11.5 Å². The quantitative estimate of drug-likeness (QED) is 0.155. The van der Waals surface area contributed by atoms with Crippen LogP contribution in [-0.4, -0.2) is 100 Å². The van der Waals surface area contributed by atoms with E-state index in [4.69, 9.17) is 28.7 Å². The molecule has 0 bridgehead atoms. The number of carboxylic acids is 1. The van der Waals surface area contributed by atoms with Gasteiger partial charge in [-0.3, -0.25) is 14.6 Å². The minimum atomic E-state index is -0.774. The third-order valence-corrected chi connectivity index (χ3v) is 11.3. The number of nitriles is 1. The van der Waals surface area contributed by atoms with Crippen LogP contribution in [-0.2, 0) is 22.6 Å². The summed E-state index contributed by atoms with van der Waals surface area (Å²) in [6.07, 6.45) is 2.64. The fourth-order valence-electron chi connectivity index (χ4n) is 8.31. The second-order valence-electron chi connectivity index (χ2n) is 14.7. The van der Waals surface area contributed by atoms with Crippen molar-refractivity contribution >= 4 is 28.0 Å². The number of likely N-dealkylation sites (N-methyl/N-ethyl adjacent to an activating group) is 1. The Kier molecular flexibility index (Phi) is 10.2. The number of benzene rings is 4. The highest BCUT2D eigenvalue weighted by atomic mass is 16.5. The van der Waals surface area contributed by atoms with Crippen molar-refractivity contribution in [1.82, 2.24) is 24.6 Å². The summed E-state index contributed by atoms with van der Waals surface area (Å²) in [5.41, 5.74) is 8.58. The molecule has 2 fully saturated rings. The van der Waals surface area contributed by atoms with Gasteiger partial charge in [0.1, 0.15) is 23.1 Å². The van der Waals surface area contributed by atoms with Crippen LogP contribution in [0, 0.1) is 24.2 Å². The summed E-state index contributed by atoms with van der Waals surface area (Å²) < 4.78 is 25.5. The second-order valence-corrected chi connectivity index (χ2v) is 14.7. The zero-order valence-electron chi connectivity index (χ0n) is 31.9. The summed E-state index contributed by atoms with van der Waals surface area (Å²) >= 11 is 0. The molecule has 8 rings (SSSR count). The van der Waals surface area contributed by atoms with Crippen LogP contribution in [0.4, 0.5) is 0 Å². The number of aliphatic carboxylic acids is 1. The summed E-state index contributed by atoms with van der Waals surface area (Å²) in [5, 5.41) is 35.9. The molecule has 0 unspecified atom stereocenters.